The number of rotatable bonds is 2. The van der Waals surface area contributed by atoms with Gasteiger partial charge in [-0.2, -0.15) is 0 Å². The molecule has 0 radical (unpaired) electrons. The maximum Gasteiger partial charge on any atom is 0.241 e. The zero-order valence-corrected chi connectivity index (χ0v) is 8.68. The second-order valence-corrected chi connectivity index (χ2v) is 4.01. The van der Waals surface area contributed by atoms with Crippen LogP contribution in [0.2, 0.25) is 0 Å². The summed E-state index contributed by atoms with van der Waals surface area (Å²) in [5.74, 6) is 1.52. The van der Waals surface area contributed by atoms with E-state index in [4.69, 9.17) is 15.2 Å². The first-order chi connectivity index (χ1) is 7.74. The first-order valence-electron chi connectivity index (χ1n) is 5.17. The number of hydrogen-bond donors (Lipinski definition) is 1. The van der Waals surface area contributed by atoms with E-state index in [1.165, 1.54) is 0 Å². The summed E-state index contributed by atoms with van der Waals surface area (Å²) >= 11 is 0. The first kappa shape index (κ1) is 9.47. The Bertz CT molecular complexity index is 447. The van der Waals surface area contributed by atoms with Gasteiger partial charge < -0.3 is 20.1 Å². The summed E-state index contributed by atoms with van der Waals surface area (Å²) in [6.07, 6.45) is 0. The van der Waals surface area contributed by atoms with Gasteiger partial charge in [-0.3, -0.25) is 4.79 Å². The van der Waals surface area contributed by atoms with Gasteiger partial charge >= 0.3 is 0 Å². The van der Waals surface area contributed by atoms with Gasteiger partial charge in [0.1, 0.15) is 6.04 Å². The van der Waals surface area contributed by atoms with E-state index in [1.807, 2.05) is 18.2 Å². The lowest BCUT2D eigenvalue weighted by Crippen LogP contribution is -2.60. The van der Waals surface area contributed by atoms with E-state index in [9.17, 15) is 4.79 Å². The normalized spacial score (nSPS) is 22.2. The summed E-state index contributed by atoms with van der Waals surface area (Å²) < 4.78 is 10.5. The number of likely N-dealkylation sites (tertiary alicyclic amines) is 1. The molecule has 1 aromatic rings. The van der Waals surface area contributed by atoms with Crippen LogP contribution in [0.3, 0.4) is 0 Å². The van der Waals surface area contributed by atoms with Crippen LogP contribution < -0.4 is 15.2 Å². The van der Waals surface area contributed by atoms with Gasteiger partial charge in [0, 0.05) is 13.1 Å². The highest BCUT2D eigenvalue weighted by Crippen LogP contribution is 2.33. The number of ether oxygens (including phenoxy) is 2. The molecule has 2 aliphatic heterocycles. The van der Waals surface area contributed by atoms with Crippen LogP contribution in [0.1, 0.15) is 5.56 Å². The van der Waals surface area contributed by atoms with E-state index in [2.05, 4.69) is 0 Å². The Labute approximate surface area is 92.7 Å². The molecule has 5 heteroatoms. The van der Waals surface area contributed by atoms with Crippen molar-refractivity contribution in [2.24, 2.45) is 5.73 Å². The van der Waals surface area contributed by atoms with E-state index in [0.717, 1.165) is 17.1 Å². The molecule has 5 nitrogen and oxygen atoms in total. The molecule has 0 spiro atoms. The zero-order valence-electron chi connectivity index (χ0n) is 8.68. The third-order valence-corrected chi connectivity index (χ3v) is 2.86. The van der Waals surface area contributed by atoms with Crippen LogP contribution in [0.25, 0.3) is 0 Å². The lowest BCUT2D eigenvalue weighted by molar-refractivity contribution is -0.143. The Morgan fingerprint density at radius 1 is 1.38 bits per heavy atom. The number of carbonyl (C=O) groups is 1. The maximum absolute atomic E-state index is 11.3. The quantitative estimate of drug-likeness (QED) is 0.717. The maximum atomic E-state index is 11.3. The van der Waals surface area contributed by atoms with Gasteiger partial charge in [-0.1, -0.05) is 6.07 Å². The second-order valence-electron chi connectivity index (χ2n) is 4.01. The molecule has 2 aliphatic rings. The van der Waals surface area contributed by atoms with Gasteiger partial charge in [-0.15, -0.1) is 0 Å². The number of amides is 1. The Balaban J connectivity index is 1.74. The minimum atomic E-state index is -0.311. The van der Waals surface area contributed by atoms with Crippen LogP contribution in [0.4, 0.5) is 0 Å². The van der Waals surface area contributed by atoms with Crippen molar-refractivity contribution >= 4 is 5.91 Å². The van der Waals surface area contributed by atoms with Gasteiger partial charge in [0.15, 0.2) is 11.5 Å². The van der Waals surface area contributed by atoms with E-state index >= 15 is 0 Å². The van der Waals surface area contributed by atoms with E-state index in [-0.39, 0.29) is 18.7 Å². The number of nitrogens with two attached hydrogens (primary N) is 1. The molecule has 1 unspecified atom stereocenters. The molecule has 0 aliphatic carbocycles. The summed E-state index contributed by atoms with van der Waals surface area (Å²) in [5, 5.41) is 0. The Kier molecular flexibility index (Phi) is 2.00. The van der Waals surface area contributed by atoms with Gasteiger partial charge in [-0.05, 0) is 17.7 Å². The van der Waals surface area contributed by atoms with Gasteiger partial charge in [-0.25, -0.2) is 0 Å². The molecule has 1 amide bonds. The average Bonchev–Trinajstić information content (AvgIpc) is 2.75. The molecule has 0 saturated carbocycles. The first-order valence-corrected chi connectivity index (χ1v) is 5.17. The zero-order chi connectivity index (χ0) is 11.1. The molecule has 0 bridgehead atoms. The number of β-lactam (4-membered cyclic amide) rings is 1. The van der Waals surface area contributed by atoms with Crippen molar-refractivity contribution in [2.75, 3.05) is 13.3 Å². The summed E-state index contributed by atoms with van der Waals surface area (Å²) in [5.41, 5.74) is 6.55. The summed E-state index contributed by atoms with van der Waals surface area (Å²) in [6, 6.07) is 5.39. The molecule has 1 aromatic carbocycles. The van der Waals surface area contributed by atoms with Crippen molar-refractivity contribution in [1.82, 2.24) is 4.90 Å². The SMILES string of the molecule is NC1CN(Cc2ccc3c(c2)OCO3)C1=O. The van der Waals surface area contributed by atoms with Crippen molar-refractivity contribution in [3.63, 3.8) is 0 Å². The molecule has 2 heterocycles. The molecular weight excluding hydrogens is 208 g/mol. The predicted molar refractivity (Wildman–Crippen MR) is 56.0 cm³/mol. The number of nitrogens with zero attached hydrogens (tertiary/aromatic N) is 1. The predicted octanol–water partition coefficient (Wildman–Crippen LogP) is 0.0848. The van der Waals surface area contributed by atoms with Crippen molar-refractivity contribution in [2.45, 2.75) is 12.6 Å². The molecule has 16 heavy (non-hydrogen) atoms. The molecular formula is C11H12N2O3. The van der Waals surface area contributed by atoms with Gasteiger partial charge in [0.2, 0.25) is 12.7 Å². The Morgan fingerprint density at radius 3 is 2.94 bits per heavy atom. The van der Waals surface area contributed by atoms with Crippen LogP contribution in [0, 0.1) is 0 Å². The third kappa shape index (κ3) is 1.40. The van der Waals surface area contributed by atoms with Crippen molar-refractivity contribution in [3.05, 3.63) is 23.8 Å². The number of fused-ring (bicyclic) bond motifs is 1. The molecule has 2 N–H and O–H groups in total. The van der Waals surface area contributed by atoms with Crippen molar-refractivity contribution in [1.29, 1.82) is 0 Å². The molecule has 1 fully saturated rings. The highest BCUT2D eigenvalue weighted by molar-refractivity contribution is 5.87. The number of carbonyl (C=O) groups excluding carboxylic acids is 1. The standard InChI is InChI=1S/C11H12N2O3/c12-8-5-13(11(8)14)4-7-1-2-9-10(3-7)16-6-15-9/h1-3,8H,4-6,12H2. The second kappa shape index (κ2) is 3.38. The fourth-order valence-electron chi connectivity index (χ4n) is 1.93. The smallest absolute Gasteiger partial charge is 0.241 e. The number of benzene rings is 1. The third-order valence-electron chi connectivity index (χ3n) is 2.86. The number of hydrogen-bond acceptors (Lipinski definition) is 4. The van der Waals surface area contributed by atoms with Crippen LogP contribution in [0.5, 0.6) is 11.5 Å². The van der Waals surface area contributed by atoms with Crippen LogP contribution in [-0.2, 0) is 11.3 Å². The van der Waals surface area contributed by atoms with Crippen molar-refractivity contribution in [3.8, 4) is 11.5 Å². The molecule has 84 valence electrons. The minimum Gasteiger partial charge on any atom is -0.454 e. The largest absolute Gasteiger partial charge is 0.454 e. The fraction of sp³-hybridized carbons (Fsp3) is 0.364. The summed E-state index contributed by atoms with van der Waals surface area (Å²) in [7, 11) is 0. The van der Waals surface area contributed by atoms with Crippen molar-refractivity contribution < 1.29 is 14.3 Å². The topological polar surface area (TPSA) is 64.8 Å². The summed E-state index contributed by atoms with van der Waals surface area (Å²) in [4.78, 5) is 13.1. The lowest BCUT2D eigenvalue weighted by atomic mass is 10.1. The van der Waals surface area contributed by atoms with Crippen LogP contribution in [-0.4, -0.2) is 30.2 Å². The van der Waals surface area contributed by atoms with E-state index in [1.54, 1.807) is 4.90 Å². The van der Waals surface area contributed by atoms with E-state index in [0.29, 0.717) is 13.1 Å². The lowest BCUT2D eigenvalue weighted by Gasteiger charge is -2.36. The van der Waals surface area contributed by atoms with E-state index < -0.39 is 0 Å². The molecule has 0 aromatic heterocycles. The van der Waals surface area contributed by atoms with Crippen LogP contribution >= 0.6 is 0 Å². The molecule has 3 rings (SSSR count). The highest BCUT2D eigenvalue weighted by Gasteiger charge is 2.33. The van der Waals surface area contributed by atoms with Gasteiger partial charge in [0.25, 0.3) is 0 Å². The van der Waals surface area contributed by atoms with Gasteiger partial charge in [0.05, 0.1) is 0 Å². The Morgan fingerprint density at radius 2 is 2.19 bits per heavy atom. The minimum absolute atomic E-state index is 0.0117. The molecule has 1 saturated heterocycles. The fourth-order valence-corrected chi connectivity index (χ4v) is 1.93. The Hall–Kier alpha value is -1.75. The monoisotopic (exact) mass is 220 g/mol. The summed E-state index contributed by atoms with van der Waals surface area (Å²) in [6.45, 7) is 1.49. The molecule has 1 atom stereocenters. The average molecular weight is 220 g/mol. The van der Waals surface area contributed by atoms with Crippen LogP contribution in [0.15, 0.2) is 18.2 Å². The highest BCUT2D eigenvalue weighted by atomic mass is 16.7.